The van der Waals surface area contributed by atoms with Gasteiger partial charge in [0.05, 0.1) is 17.3 Å². The monoisotopic (exact) mass is 263 g/mol. The van der Waals surface area contributed by atoms with E-state index in [1.165, 1.54) is 11.1 Å². The van der Waals surface area contributed by atoms with Crippen LogP contribution in [-0.4, -0.2) is 0 Å². The number of nitrogens with two attached hydrogens (primary N) is 1. The highest BCUT2D eigenvalue weighted by molar-refractivity contribution is 5.61. The van der Waals surface area contributed by atoms with Gasteiger partial charge >= 0.3 is 0 Å². The van der Waals surface area contributed by atoms with Crippen molar-refractivity contribution in [1.29, 1.82) is 5.26 Å². The van der Waals surface area contributed by atoms with Crippen molar-refractivity contribution >= 4 is 11.4 Å². The highest BCUT2D eigenvalue weighted by Gasteiger charge is 2.23. The second-order valence-corrected chi connectivity index (χ2v) is 5.35. The largest absolute Gasteiger partial charge is 0.399 e. The maximum atomic E-state index is 9.21. The first-order valence-electron chi connectivity index (χ1n) is 6.83. The Hall–Kier alpha value is -2.47. The third kappa shape index (κ3) is 2.21. The van der Waals surface area contributed by atoms with Crippen LogP contribution in [-0.2, 0) is 6.42 Å². The third-order valence-corrected chi connectivity index (χ3v) is 3.87. The summed E-state index contributed by atoms with van der Waals surface area (Å²) in [7, 11) is 0. The second kappa shape index (κ2) is 4.90. The Morgan fingerprint density at radius 2 is 2.10 bits per heavy atom. The van der Waals surface area contributed by atoms with Gasteiger partial charge in [0.25, 0.3) is 0 Å². The Bertz CT molecular complexity index is 698. The van der Waals surface area contributed by atoms with E-state index in [0.29, 0.717) is 5.56 Å². The zero-order valence-corrected chi connectivity index (χ0v) is 11.5. The molecule has 0 bridgehead atoms. The minimum absolute atomic E-state index is 0.263. The van der Waals surface area contributed by atoms with Gasteiger partial charge < -0.3 is 11.1 Å². The molecule has 0 radical (unpaired) electrons. The number of hydrogen-bond acceptors (Lipinski definition) is 3. The van der Waals surface area contributed by atoms with E-state index in [1.54, 1.807) is 0 Å². The standard InChI is InChI=1S/C17H17N3/c1-11-2-3-13(10-18)17(8-11)20-16-7-4-12-9-14(19)5-6-15(12)16/h2-3,5-6,8-9,16,20H,4,7,19H2,1H3. The fourth-order valence-electron chi connectivity index (χ4n) is 2.85. The molecule has 0 fully saturated rings. The number of nitrogens with one attached hydrogen (secondary N) is 1. The molecule has 100 valence electrons. The predicted molar refractivity (Wildman–Crippen MR) is 81.4 cm³/mol. The molecule has 20 heavy (non-hydrogen) atoms. The van der Waals surface area contributed by atoms with Gasteiger partial charge in [-0.25, -0.2) is 0 Å². The lowest BCUT2D eigenvalue weighted by molar-refractivity contribution is 0.761. The normalized spacial score (nSPS) is 16.5. The smallest absolute Gasteiger partial charge is 0.101 e. The van der Waals surface area contributed by atoms with E-state index in [0.717, 1.165) is 29.8 Å². The number of benzene rings is 2. The molecule has 2 aromatic carbocycles. The topological polar surface area (TPSA) is 61.8 Å². The lowest BCUT2D eigenvalue weighted by Crippen LogP contribution is -2.08. The second-order valence-electron chi connectivity index (χ2n) is 5.35. The lowest BCUT2D eigenvalue weighted by atomic mass is 10.1. The van der Waals surface area contributed by atoms with Crippen molar-refractivity contribution in [2.45, 2.75) is 25.8 Å². The number of hydrogen-bond donors (Lipinski definition) is 2. The lowest BCUT2D eigenvalue weighted by Gasteiger charge is -2.17. The molecule has 3 rings (SSSR count). The minimum atomic E-state index is 0.263. The summed E-state index contributed by atoms with van der Waals surface area (Å²) in [6, 6.07) is 14.5. The van der Waals surface area contributed by atoms with Gasteiger partial charge in [0.1, 0.15) is 6.07 Å². The summed E-state index contributed by atoms with van der Waals surface area (Å²) in [6.45, 7) is 2.04. The molecule has 1 atom stereocenters. The maximum absolute atomic E-state index is 9.21. The molecule has 1 unspecified atom stereocenters. The molecule has 3 nitrogen and oxygen atoms in total. The Morgan fingerprint density at radius 1 is 1.25 bits per heavy atom. The number of aryl methyl sites for hydroxylation is 2. The van der Waals surface area contributed by atoms with E-state index < -0.39 is 0 Å². The van der Waals surface area contributed by atoms with E-state index in [2.05, 4.69) is 23.5 Å². The number of fused-ring (bicyclic) bond motifs is 1. The number of nitrogens with zero attached hydrogens (tertiary/aromatic N) is 1. The zero-order valence-electron chi connectivity index (χ0n) is 11.5. The molecule has 1 aliphatic carbocycles. The average molecular weight is 263 g/mol. The fraction of sp³-hybridized carbons (Fsp3) is 0.235. The Balaban J connectivity index is 1.91. The molecule has 0 aliphatic heterocycles. The highest BCUT2D eigenvalue weighted by Crippen LogP contribution is 2.35. The van der Waals surface area contributed by atoms with Crippen molar-refractivity contribution in [3.63, 3.8) is 0 Å². The van der Waals surface area contributed by atoms with Gasteiger partial charge in [-0.15, -0.1) is 0 Å². The number of nitrogen functional groups attached to an aromatic ring is 1. The van der Waals surface area contributed by atoms with Crippen molar-refractivity contribution in [2.75, 3.05) is 11.1 Å². The van der Waals surface area contributed by atoms with Crippen LogP contribution in [0.5, 0.6) is 0 Å². The van der Waals surface area contributed by atoms with Crippen molar-refractivity contribution < 1.29 is 0 Å². The number of nitriles is 1. The summed E-state index contributed by atoms with van der Waals surface area (Å²) in [5, 5.41) is 12.7. The Kier molecular flexibility index (Phi) is 3.08. The van der Waals surface area contributed by atoms with Crippen molar-refractivity contribution in [3.05, 3.63) is 58.7 Å². The average Bonchev–Trinajstić information content (AvgIpc) is 2.81. The van der Waals surface area contributed by atoms with E-state index in [9.17, 15) is 5.26 Å². The minimum Gasteiger partial charge on any atom is -0.399 e. The van der Waals surface area contributed by atoms with E-state index in [4.69, 9.17) is 5.73 Å². The fourth-order valence-corrected chi connectivity index (χ4v) is 2.85. The van der Waals surface area contributed by atoms with Crippen LogP contribution in [0.15, 0.2) is 36.4 Å². The van der Waals surface area contributed by atoms with Crippen LogP contribution in [0.3, 0.4) is 0 Å². The predicted octanol–water partition coefficient (Wildman–Crippen LogP) is 3.55. The van der Waals surface area contributed by atoms with Crippen LogP contribution in [0.25, 0.3) is 0 Å². The van der Waals surface area contributed by atoms with Crippen LogP contribution in [0.4, 0.5) is 11.4 Å². The van der Waals surface area contributed by atoms with Gasteiger partial charge in [-0.05, 0) is 60.7 Å². The van der Waals surface area contributed by atoms with Gasteiger partial charge in [0, 0.05) is 5.69 Å². The molecule has 0 aromatic heterocycles. The summed E-state index contributed by atoms with van der Waals surface area (Å²) >= 11 is 0. The van der Waals surface area contributed by atoms with Gasteiger partial charge in [-0.3, -0.25) is 0 Å². The SMILES string of the molecule is Cc1ccc(C#N)c(NC2CCc3cc(N)ccc32)c1. The van der Waals surface area contributed by atoms with Crippen molar-refractivity contribution in [2.24, 2.45) is 0 Å². The number of anilines is 2. The first kappa shape index (κ1) is 12.6. The van der Waals surface area contributed by atoms with Crippen molar-refractivity contribution in [1.82, 2.24) is 0 Å². The highest BCUT2D eigenvalue weighted by atomic mass is 14.9. The first-order valence-corrected chi connectivity index (χ1v) is 6.83. The first-order chi connectivity index (χ1) is 9.67. The summed E-state index contributed by atoms with van der Waals surface area (Å²) in [4.78, 5) is 0. The molecular formula is C17H17N3. The maximum Gasteiger partial charge on any atom is 0.101 e. The summed E-state index contributed by atoms with van der Waals surface area (Å²) in [5.41, 5.74) is 12.0. The Labute approximate surface area is 119 Å². The molecule has 2 aromatic rings. The van der Waals surface area contributed by atoms with E-state index in [-0.39, 0.29) is 6.04 Å². The van der Waals surface area contributed by atoms with Gasteiger partial charge in [-0.2, -0.15) is 5.26 Å². The van der Waals surface area contributed by atoms with E-state index >= 15 is 0 Å². The number of rotatable bonds is 2. The summed E-state index contributed by atoms with van der Waals surface area (Å²) < 4.78 is 0. The molecular weight excluding hydrogens is 246 g/mol. The molecule has 0 spiro atoms. The zero-order chi connectivity index (χ0) is 14.1. The summed E-state index contributed by atoms with van der Waals surface area (Å²) in [5.74, 6) is 0. The quantitative estimate of drug-likeness (QED) is 0.814. The van der Waals surface area contributed by atoms with Gasteiger partial charge in [0.15, 0.2) is 0 Å². The molecule has 1 aliphatic rings. The Morgan fingerprint density at radius 3 is 2.90 bits per heavy atom. The molecule has 0 heterocycles. The molecule has 0 saturated carbocycles. The summed E-state index contributed by atoms with van der Waals surface area (Å²) in [6.07, 6.45) is 2.07. The molecule has 0 amide bonds. The van der Waals surface area contributed by atoms with E-state index in [1.807, 2.05) is 31.2 Å². The third-order valence-electron chi connectivity index (χ3n) is 3.87. The van der Waals surface area contributed by atoms with Crippen LogP contribution >= 0.6 is 0 Å². The van der Waals surface area contributed by atoms with Gasteiger partial charge in [0.2, 0.25) is 0 Å². The molecule has 0 saturated heterocycles. The molecule has 3 heteroatoms. The van der Waals surface area contributed by atoms with Crippen LogP contribution in [0.2, 0.25) is 0 Å². The van der Waals surface area contributed by atoms with Crippen LogP contribution in [0.1, 0.15) is 34.7 Å². The molecule has 3 N–H and O–H groups in total. The van der Waals surface area contributed by atoms with Crippen molar-refractivity contribution in [3.8, 4) is 6.07 Å². The van der Waals surface area contributed by atoms with Crippen LogP contribution < -0.4 is 11.1 Å². The van der Waals surface area contributed by atoms with Gasteiger partial charge in [-0.1, -0.05) is 12.1 Å². The van der Waals surface area contributed by atoms with Crippen LogP contribution in [0, 0.1) is 18.3 Å².